The van der Waals surface area contributed by atoms with Gasteiger partial charge in [-0.1, -0.05) is 54.6 Å². The van der Waals surface area contributed by atoms with Crippen molar-refractivity contribution in [1.29, 1.82) is 0 Å². The number of nitrogens with one attached hydrogen (secondary N) is 1. The molecule has 0 saturated heterocycles. The Bertz CT molecular complexity index is 1160. The molecule has 0 aliphatic rings. The Kier molecular flexibility index (Phi) is 5.16. The van der Waals surface area contributed by atoms with Crippen molar-refractivity contribution in [1.82, 2.24) is 9.78 Å². The number of nitrogens with zero attached hydrogens (tertiary/aromatic N) is 2. The Labute approximate surface area is 166 Å². The monoisotopic (exact) mass is 389 g/mol. The van der Waals surface area contributed by atoms with Crippen LogP contribution in [0, 0.1) is 11.6 Å². The predicted molar refractivity (Wildman–Crippen MR) is 108 cm³/mol. The molecule has 0 spiro atoms. The zero-order valence-electron chi connectivity index (χ0n) is 15.3. The van der Waals surface area contributed by atoms with Gasteiger partial charge in [0.2, 0.25) is 5.91 Å². The molecule has 4 aromatic rings. The molecule has 0 aliphatic carbocycles. The molecule has 0 atom stereocenters. The highest BCUT2D eigenvalue weighted by Gasteiger charge is 2.15. The van der Waals surface area contributed by atoms with Crippen LogP contribution in [0.5, 0.6) is 0 Å². The highest BCUT2D eigenvalue weighted by Crippen LogP contribution is 2.25. The summed E-state index contributed by atoms with van der Waals surface area (Å²) in [5.74, 6) is -0.878. The van der Waals surface area contributed by atoms with Crippen molar-refractivity contribution < 1.29 is 13.6 Å². The summed E-state index contributed by atoms with van der Waals surface area (Å²) in [6.07, 6.45) is -0.123. The second kappa shape index (κ2) is 8.06. The summed E-state index contributed by atoms with van der Waals surface area (Å²) >= 11 is 0. The molecule has 0 radical (unpaired) electrons. The normalized spacial score (nSPS) is 10.7. The molecule has 0 bridgehead atoms. The Morgan fingerprint density at radius 1 is 0.897 bits per heavy atom. The average Bonchev–Trinajstić information content (AvgIpc) is 3.14. The highest BCUT2D eigenvalue weighted by molar-refractivity contribution is 5.92. The van der Waals surface area contributed by atoms with Crippen LogP contribution < -0.4 is 5.32 Å². The Hall–Kier alpha value is -3.80. The number of amides is 1. The van der Waals surface area contributed by atoms with Crippen LogP contribution in [0.4, 0.5) is 14.6 Å². The fourth-order valence-electron chi connectivity index (χ4n) is 3.03. The van der Waals surface area contributed by atoms with E-state index in [4.69, 9.17) is 0 Å². The quantitative estimate of drug-likeness (QED) is 0.522. The lowest BCUT2D eigenvalue weighted by atomic mass is 10.1. The second-order valence-corrected chi connectivity index (χ2v) is 6.49. The molecule has 144 valence electrons. The third kappa shape index (κ3) is 4.21. The van der Waals surface area contributed by atoms with E-state index in [1.165, 1.54) is 22.9 Å². The summed E-state index contributed by atoms with van der Waals surface area (Å²) in [6, 6.07) is 23.2. The summed E-state index contributed by atoms with van der Waals surface area (Å²) in [5, 5.41) is 7.30. The maximum atomic E-state index is 13.9. The number of hydrogen-bond donors (Lipinski definition) is 1. The van der Waals surface area contributed by atoms with Crippen molar-refractivity contribution in [3.63, 3.8) is 0 Å². The zero-order chi connectivity index (χ0) is 20.2. The summed E-state index contributed by atoms with van der Waals surface area (Å²) in [6.45, 7) is 0. The van der Waals surface area contributed by atoms with Crippen LogP contribution in [0.2, 0.25) is 0 Å². The van der Waals surface area contributed by atoms with Gasteiger partial charge >= 0.3 is 0 Å². The Morgan fingerprint density at radius 2 is 1.66 bits per heavy atom. The molecule has 0 fully saturated rings. The average molecular weight is 389 g/mol. The summed E-state index contributed by atoms with van der Waals surface area (Å²) < 4.78 is 29.1. The molecule has 0 aliphatic heterocycles. The molecular weight excluding hydrogens is 372 g/mol. The minimum atomic E-state index is -0.439. The van der Waals surface area contributed by atoms with Crippen molar-refractivity contribution >= 4 is 11.7 Å². The number of anilines is 1. The minimum absolute atomic E-state index is 0.123. The Morgan fingerprint density at radius 3 is 2.41 bits per heavy atom. The molecule has 6 heteroatoms. The lowest BCUT2D eigenvalue weighted by Gasteiger charge is -2.09. The third-order valence-electron chi connectivity index (χ3n) is 4.41. The van der Waals surface area contributed by atoms with Crippen molar-refractivity contribution in [2.45, 2.75) is 6.42 Å². The number of carbonyl (C=O) groups excluding carboxylic acids is 1. The zero-order valence-corrected chi connectivity index (χ0v) is 15.3. The maximum Gasteiger partial charge on any atom is 0.230 e. The topological polar surface area (TPSA) is 46.9 Å². The van der Waals surface area contributed by atoms with E-state index in [-0.39, 0.29) is 6.42 Å². The smallest absolute Gasteiger partial charge is 0.230 e. The lowest BCUT2D eigenvalue weighted by molar-refractivity contribution is -0.115. The van der Waals surface area contributed by atoms with Gasteiger partial charge in [0.05, 0.1) is 17.8 Å². The molecule has 0 saturated carbocycles. The first-order valence-corrected chi connectivity index (χ1v) is 9.05. The van der Waals surface area contributed by atoms with E-state index < -0.39 is 17.5 Å². The molecule has 1 N–H and O–H groups in total. The van der Waals surface area contributed by atoms with Crippen LogP contribution in [0.3, 0.4) is 0 Å². The minimum Gasteiger partial charge on any atom is -0.310 e. The van der Waals surface area contributed by atoms with E-state index in [1.807, 2.05) is 30.3 Å². The van der Waals surface area contributed by atoms with Crippen LogP contribution in [0.15, 0.2) is 84.9 Å². The van der Waals surface area contributed by atoms with Gasteiger partial charge in [0.1, 0.15) is 17.5 Å². The van der Waals surface area contributed by atoms with Gasteiger partial charge in [-0.25, -0.2) is 13.5 Å². The molecular formula is C23H17F2N3O. The number of aromatic nitrogens is 2. The number of halogens is 2. The first-order chi connectivity index (χ1) is 14.1. The Balaban J connectivity index is 1.68. The van der Waals surface area contributed by atoms with Crippen molar-refractivity contribution in [2.75, 3.05) is 5.32 Å². The molecule has 4 nitrogen and oxygen atoms in total. The molecule has 29 heavy (non-hydrogen) atoms. The van der Waals surface area contributed by atoms with Gasteiger partial charge in [0.15, 0.2) is 0 Å². The van der Waals surface area contributed by atoms with Crippen LogP contribution in [0.1, 0.15) is 5.56 Å². The fourth-order valence-corrected chi connectivity index (χ4v) is 3.03. The standard InChI is InChI=1S/C23H17F2N3O/c24-18-10-6-11-19(14-18)28-22(15-21(27-28)16-7-2-1-3-8-16)26-23(29)13-17-9-4-5-12-20(17)25/h1-12,14-15H,13H2,(H,26,29). The van der Waals surface area contributed by atoms with E-state index in [0.717, 1.165) is 5.56 Å². The SMILES string of the molecule is O=C(Cc1ccccc1F)Nc1cc(-c2ccccc2)nn1-c1cccc(F)c1. The third-order valence-corrected chi connectivity index (χ3v) is 4.41. The van der Waals surface area contributed by atoms with Crippen LogP contribution in [-0.4, -0.2) is 15.7 Å². The van der Waals surface area contributed by atoms with Gasteiger partial charge in [-0.3, -0.25) is 4.79 Å². The van der Waals surface area contributed by atoms with Gasteiger partial charge in [-0.15, -0.1) is 0 Å². The van der Waals surface area contributed by atoms with Gasteiger partial charge in [-0.05, 0) is 29.8 Å². The number of benzene rings is 3. The first kappa shape index (κ1) is 18.6. The van der Waals surface area contributed by atoms with Crippen LogP contribution in [-0.2, 0) is 11.2 Å². The van der Waals surface area contributed by atoms with Crippen molar-refractivity contribution in [2.24, 2.45) is 0 Å². The molecule has 4 rings (SSSR count). The van der Waals surface area contributed by atoms with Crippen molar-refractivity contribution in [3.8, 4) is 16.9 Å². The van der Waals surface area contributed by atoms with Crippen LogP contribution >= 0.6 is 0 Å². The van der Waals surface area contributed by atoms with E-state index in [2.05, 4.69) is 10.4 Å². The predicted octanol–water partition coefficient (Wildman–Crippen LogP) is 5.00. The molecule has 0 unspecified atom stereocenters. The highest BCUT2D eigenvalue weighted by atomic mass is 19.1. The molecule has 1 amide bonds. The van der Waals surface area contributed by atoms with E-state index in [0.29, 0.717) is 22.8 Å². The number of rotatable bonds is 5. The van der Waals surface area contributed by atoms with E-state index in [1.54, 1.807) is 36.4 Å². The second-order valence-electron chi connectivity index (χ2n) is 6.49. The van der Waals surface area contributed by atoms with E-state index >= 15 is 0 Å². The van der Waals surface area contributed by atoms with Crippen LogP contribution in [0.25, 0.3) is 16.9 Å². The summed E-state index contributed by atoms with van der Waals surface area (Å²) in [5.41, 5.74) is 2.24. The van der Waals surface area contributed by atoms with Crippen molar-refractivity contribution in [3.05, 3.63) is 102 Å². The lowest BCUT2D eigenvalue weighted by Crippen LogP contribution is -2.17. The molecule has 3 aromatic carbocycles. The summed E-state index contributed by atoms with van der Waals surface area (Å²) in [4.78, 5) is 12.5. The van der Waals surface area contributed by atoms with Gasteiger partial charge < -0.3 is 5.32 Å². The molecule has 1 heterocycles. The molecule has 1 aromatic heterocycles. The van der Waals surface area contributed by atoms with Gasteiger partial charge in [0, 0.05) is 11.6 Å². The van der Waals surface area contributed by atoms with Gasteiger partial charge in [-0.2, -0.15) is 5.10 Å². The fraction of sp³-hybridized carbons (Fsp3) is 0.0435. The maximum absolute atomic E-state index is 13.9. The number of hydrogen-bond acceptors (Lipinski definition) is 2. The first-order valence-electron chi connectivity index (χ1n) is 9.05. The van der Waals surface area contributed by atoms with Gasteiger partial charge in [0.25, 0.3) is 0 Å². The largest absolute Gasteiger partial charge is 0.310 e. The number of carbonyl (C=O) groups is 1. The van der Waals surface area contributed by atoms with E-state index in [9.17, 15) is 13.6 Å². The summed E-state index contributed by atoms with van der Waals surface area (Å²) in [7, 11) is 0.